The summed E-state index contributed by atoms with van der Waals surface area (Å²) in [6, 6.07) is 27.3. The number of aryl methyl sites for hydroxylation is 1. The highest BCUT2D eigenvalue weighted by molar-refractivity contribution is 7.55. The van der Waals surface area contributed by atoms with Gasteiger partial charge in [-0.1, -0.05) is 54.6 Å². The van der Waals surface area contributed by atoms with Crippen molar-refractivity contribution in [3.63, 3.8) is 0 Å². The van der Waals surface area contributed by atoms with Crippen LogP contribution in [0.25, 0.3) is 0 Å². The van der Waals surface area contributed by atoms with Crippen LogP contribution in [0.1, 0.15) is 41.3 Å². The predicted molar refractivity (Wildman–Crippen MR) is 189 cm³/mol. The summed E-state index contributed by atoms with van der Waals surface area (Å²) in [4.78, 5) is 34.8. The summed E-state index contributed by atoms with van der Waals surface area (Å²) in [5, 5.41) is 9.16. The molecule has 51 heavy (non-hydrogen) atoms. The topological polar surface area (TPSA) is 163 Å². The average molecular weight is 712 g/mol. The molecule has 14 heteroatoms. The molecule has 0 bridgehead atoms. The molecule has 5 aromatic rings. The molecular formula is C37H38N5O8P. The van der Waals surface area contributed by atoms with Gasteiger partial charge >= 0.3 is 5.69 Å². The first-order valence-corrected chi connectivity index (χ1v) is 17.4. The maximum absolute atomic E-state index is 13.0. The number of rotatable bonds is 15. The second kappa shape index (κ2) is 16.3. The summed E-state index contributed by atoms with van der Waals surface area (Å²) in [5.41, 5.74) is 1.27. The number of imidazole rings is 1. The molecule has 264 valence electrons. The highest BCUT2D eigenvalue weighted by Gasteiger charge is 2.44. The number of nitrogens with one attached hydrogen (secondary N) is 2. The first-order valence-electron chi connectivity index (χ1n) is 16.3. The largest absolute Gasteiger partial charge is 0.497 e. The number of ether oxygens (including phenoxy) is 4. The van der Waals surface area contributed by atoms with Gasteiger partial charge in [0.2, 0.25) is 8.38 Å². The van der Waals surface area contributed by atoms with E-state index in [2.05, 4.69) is 21.0 Å². The molecule has 1 aliphatic heterocycles. The molecule has 0 aliphatic carbocycles. The molecule has 1 fully saturated rings. The predicted octanol–water partition coefficient (Wildman–Crippen LogP) is 4.83. The standard InChI is InChI=1S/C37H38N5O8P/c1-25-22-42(36(44)41-35(25)43)34-20-31(50-51(48-19-7-18-38)33-21-39-24-40-33)32(49-34)23-47-37(26-8-5-4-6-9-26,27-10-14-29(45-2)15-11-27)28-12-16-30(46-3)17-13-28/h4-6,8-17,21-22,24,31-32,34H,7,19-20,23H2,1-3H3,(H,39,40)(H,41,43,44)/t31-,32+,34+,51?/m0/s1. The lowest BCUT2D eigenvalue weighted by Gasteiger charge is -2.37. The number of benzene rings is 3. The number of aromatic amines is 2. The van der Waals surface area contributed by atoms with Crippen LogP contribution in [0.2, 0.25) is 0 Å². The monoisotopic (exact) mass is 711 g/mol. The minimum Gasteiger partial charge on any atom is -0.497 e. The zero-order chi connectivity index (χ0) is 35.8. The molecule has 1 saturated heterocycles. The third-order valence-electron chi connectivity index (χ3n) is 8.61. The van der Waals surface area contributed by atoms with Crippen molar-refractivity contribution < 1.29 is 28.0 Å². The summed E-state index contributed by atoms with van der Waals surface area (Å²) >= 11 is 0. The molecule has 0 amide bonds. The zero-order valence-corrected chi connectivity index (χ0v) is 29.2. The highest BCUT2D eigenvalue weighted by atomic mass is 31.2. The van der Waals surface area contributed by atoms with E-state index in [1.807, 2.05) is 78.9 Å². The molecule has 6 rings (SSSR count). The van der Waals surface area contributed by atoms with Crippen LogP contribution < -0.4 is 26.2 Å². The summed E-state index contributed by atoms with van der Waals surface area (Å²) in [6.07, 6.45) is 2.86. The number of hydrogen-bond donors (Lipinski definition) is 2. The highest BCUT2D eigenvalue weighted by Crippen LogP contribution is 2.46. The van der Waals surface area contributed by atoms with Crippen molar-refractivity contribution in [2.24, 2.45) is 0 Å². The van der Waals surface area contributed by atoms with Crippen molar-refractivity contribution in [3.8, 4) is 17.6 Å². The Bertz CT molecular complexity index is 1980. The lowest BCUT2D eigenvalue weighted by Crippen LogP contribution is -2.38. The van der Waals surface area contributed by atoms with Gasteiger partial charge in [-0.3, -0.25) is 14.3 Å². The quantitative estimate of drug-likeness (QED) is 0.0874. The summed E-state index contributed by atoms with van der Waals surface area (Å²) < 4.78 is 38.7. The Balaban J connectivity index is 1.42. The molecule has 2 aromatic heterocycles. The van der Waals surface area contributed by atoms with E-state index in [0.717, 1.165) is 16.7 Å². The van der Waals surface area contributed by atoms with Crippen LogP contribution in [0, 0.1) is 18.3 Å². The summed E-state index contributed by atoms with van der Waals surface area (Å²) in [7, 11) is 1.50. The van der Waals surface area contributed by atoms with Gasteiger partial charge in [0, 0.05) is 18.2 Å². The maximum atomic E-state index is 13.0. The third-order valence-corrected chi connectivity index (χ3v) is 10.1. The Morgan fingerprint density at radius 2 is 1.63 bits per heavy atom. The molecule has 0 saturated carbocycles. The minimum absolute atomic E-state index is 0.00947. The number of aromatic nitrogens is 4. The molecule has 4 atom stereocenters. The van der Waals surface area contributed by atoms with Crippen LogP contribution in [0.3, 0.4) is 0 Å². The van der Waals surface area contributed by atoms with Crippen LogP contribution in [0.15, 0.2) is 107 Å². The van der Waals surface area contributed by atoms with Crippen LogP contribution in [0.4, 0.5) is 0 Å². The van der Waals surface area contributed by atoms with Crippen LogP contribution >= 0.6 is 8.38 Å². The fraction of sp³-hybridized carbons (Fsp3) is 0.297. The van der Waals surface area contributed by atoms with Gasteiger partial charge in [0.25, 0.3) is 5.56 Å². The van der Waals surface area contributed by atoms with Crippen LogP contribution in [0.5, 0.6) is 11.5 Å². The Labute approximate surface area is 295 Å². The fourth-order valence-electron chi connectivity index (χ4n) is 6.02. The van der Waals surface area contributed by atoms with E-state index < -0.39 is 43.7 Å². The molecule has 1 unspecified atom stereocenters. The molecule has 13 nitrogen and oxygen atoms in total. The van der Waals surface area contributed by atoms with Crippen molar-refractivity contribution in [2.45, 2.75) is 43.8 Å². The summed E-state index contributed by atoms with van der Waals surface area (Å²) in [5.74, 6) is 1.38. The van der Waals surface area contributed by atoms with Gasteiger partial charge in [-0.25, -0.2) is 9.78 Å². The van der Waals surface area contributed by atoms with E-state index in [-0.39, 0.29) is 26.1 Å². The number of hydrogen-bond acceptors (Lipinski definition) is 10. The van der Waals surface area contributed by atoms with E-state index in [1.54, 1.807) is 27.3 Å². The maximum Gasteiger partial charge on any atom is 0.330 e. The molecule has 3 heterocycles. The van der Waals surface area contributed by atoms with Gasteiger partial charge in [0.15, 0.2) is 0 Å². The molecule has 3 aromatic carbocycles. The number of methoxy groups -OCH3 is 2. The van der Waals surface area contributed by atoms with Crippen molar-refractivity contribution in [3.05, 3.63) is 141 Å². The second-order valence-corrected chi connectivity index (χ2v) is 13.2. The summed E-state index contributed by atoms with van der Waals surface area (Å²) in [6.45, 7) is 1.77. The van der Waals surface area contributed by atoms with E-state index >= 15 is 0 Å². The Kier molecular flexibility index (Phi) is 11.4. The number of H-pyrrole nitrogens is 2. The molecule has 0 spiro atoms. The van der Waals surface area contributed by atoms with E-state index in [0.29, 0.717) is 22.5 Å². The second-order valence-electron chi connectivity index (χ2n) is 11.7. The third kappa shape index (κ3) is 7.81. The van der Waals surface area contributed by atoms with Crippen molar-refractivity contribution in [2.75, 3.05) is 27.4 Å². The molecule has 0 radical (unpaired) electrons. The van der Waals surface area contributed by atoms with Crippen molar-refractivity contribution >= 4 is 13.8 Å². The van der Waals surface area contributed by atoms with Crippen LogP contribution in [-0.2, 0) is 24.1 Å². The molecule has 2 N–H and O–H groups in total. The van der Waals surface area contributed by atoms with Gasteiger partial charge in [0.05, 0.1) is 58.6 Å². The average Bonchev–Trinajstić information content (AvgIpc) is 3.85. The van der Waals surface area contributed by atoms with Gasteiger partial charge in [-0.05, 0) is 47.9 Å². The Morgan fingerprint density at radius 1 is 0.980 bits per heavy atom. The zero-order valence-electron chi connectivity index (χ0n) is 28.4. The van der Waals surface area contributed by atoms with E-state index in [4.69, 9.17) is 33.3 Å². The first-order chi connectivity index (χ1) is 24.9. The SMILES string of the molecule is COc1ccc(C(OC[C@H]2O[C@@H](n3cc(C)c(=O)[nH]c3=O)C[C@@H]2OP(OCCC#N)c2cnc[nH]2)(c2ccccc2)c2ccc(OC)cc2)cc1. The van der Waals surface area contributed by atoms with E-state index in [1.165, 1.54) is 17.1 Å². The Hall–Kier alpha value is -5.09. The van der Waals surface area contributed by atoms with Gasteiger partial charge in [0.1, 0.15) is 34.9 Å². The van der Waals surface area contributed by atoms with Crippen molar-refractivity contribution in [1.82, 2.24) is 19.5 Å². The van der Waals surface area contributed by atoms with Gasteiger partial charge < -0.3 is 33.0 Å². The minimum atomic E-state index is -1.73. The molecule has 1 aliphatic rings. The van der Waals surface area contributed by atoms with Crippen LogP contribution in [-0.4, -0.2) is 59.2 Å². The molecular weight excluding hydrogens is 673 g/mol. The van der Waals surface area contributed by atoms with Gasteiger partial charge in [-0.2, -0.15) is 5.26 Å². The number of nitriles is 1. The number of nitrogens with zero attached hydrogens (tertiary/aromatic N) is 3. The van der Waals surface area contributed by atoms with Crippen molar-refractivity contribution in [1.29, 1.82) is 5.26 Å². The smallest absolute Gasteiger partial charge is 0.330 e. The normalized spacial score (nSPS) is 17.9. The fourth-order valence-corrected chi connectivity index (χ4v) is 7.38. The van der Waals surface area contributed by atoms with E-state index in [9.17, 15) is 9.59 Å². The lowest BCUT2D eigenvalue weighted by atomic mass is 9.80. The lowest BCUT2D eigenvalue weighted by molar-refractivity contribution is -0.0916. The first kappa shape index (κ1) is 35.7. The Morgan fingerprint density at radius 3 is 2.22 bits per heavy atom. The van der Waals surface area contributed by atoms with Gasteiger partial charge in [-0.15, -0.1) is 0 Å².